The molecule has 0 aliphatic carbocycles. The lowest BCUT2D eigenvalue weighted by atomic mass is 10.0. The maximum absolute atomic E-state index is 8.97. The Hall–Kier alpha value is -1.37. The highest BCUT2D eigenvalue weighted by Gasteiger charge is 2.13. The molecule has 1 aromatic carbocycles. The Morgan fingerprint density at radius 2 is 2.29 bits per heavy atom. The van der Waals surface area contributed by atoms with Crippen molar-refractivity contribution in [2.45, 2.75) is 19.4 Å². The summed E-state index contributed by atoms with van der Waals surface area (Å²) in [6, 6.07) is 9.96. The summed E-state index contributed by atoms with van der Waals surface area (Å²) in [5.41, 5.74) is 1.84. The molecular formula is C14H18N2O. The van der Waals surface area contributed by atoms with Crippen LogP contribution in [0, 0.1) is 17.2 Å². The summed E-state index contributed by atoms with van der Waals surface area (Å²) >= 11 is 0. The molecule has 3 heteroatoms. The molecule has 1 saturated heterocycles. The van der Waals surface area contributed by atoms with Crippen LogP contribution >= 0.6 is 0 Å². The SMILES string of the molecule is N#Cc1ccccc1CNCC1CCCOC1. The normalized spacial score (nSPS) is 19.8. The third-order valence-electron chi connectivity index (χ3n) is 3.14. The second-order valence-corrected chi connectivity index (χ2v) is 4.48. The second kappa shape index (κ2) is 6.39. The first-order valence-corrected chi connectivity index (χ1v) is 6.16. The first kappa shape index (κ1) is 12.1. The van der Waals surface area contributed by atoms with E-state index in [1.807, 2.05) is 24.3 Å². The van der Waals surface area contributed by atoms with E-state index < -0.39 is 0 Å². The van der Waals surface area contributed by atoms with Gasteiger partial charge in [0.2, 0.25) is 0 Å². The summed E-state index contributed by atoms with van der Waals surface area (Å²) in [6.45, 7) is 3.51. The third-order valence-corrected chi connectivity index (χ3v) is 3.14. The van der Waals surface area contributed by atoms with Crippen LogP contribution in [0.25, 0.3) is 0 Å². The van der Waals surface area contributed by atoms with Gasteiger partial charge in [0.05, 0.1) is 18.2 Å². The highest BCUT2D eigenvalue weighted by molar-refractivity contribution is 5.37. The predicted octanol–water partition coefficient (Wildman–Crippen LogP) is 2.07. The molecule has 0 aromatic heterocycles. The molecule has 0 radical (unpaired) electrons. The van der Waals surface area contributed by atoms with Gasteiger partial charge in [-0.3, -0.25) is 0 Å². The van der Waals surface area contributed by atoms with E-state index in [-0.39, 0.29) is 0 Å². The lowest BCUT2D eigenvalue weighted by Crippen LogP contribution is -2.29. The van der Waals surface area contributed by atoms with Crippen LogP contribution in [0.5, 0.6) is 0 Å². The first-order chi connectivity index (χ1) is 8.40. The van der Waals surface area contributed by atoms with Crippen LogP contribution in [-0.2, 0) is 11.3 Å². The molecule has 3 nitrogen and oxygen atoms in total. The number of hydrogen-bond acceptors (Lipinski definition) is 3. The second-order valence-electron chi connectivity index (χ2n) is 4.48. The van der Waals surface area contributed by atoms with E-state index in [0.717, 1.165) is 37.4 Å². The minimum Gasteiger partial charge on any atom is -0.381 e. The molecule has 1 N–H and O–H groups in total. The molecule has 0 saturated carbocycles. The monoisotopic (exact) mass is 230 g/mol. The minimum absolute atomic E-state index is 0.623. The van der Waals surface area contributed by atoms with E-state index >= 15 is 0 Å². The highest BCUT2D eigenvalue weighted by Crippen LogP contribution is 2.13. The molecule has 2 rings (SSSR count). The number of nitrogens with one attached hydrogen (secondary N) is 1. The summed E-state index contributed by atoms with van der Waals surface area (Å²) in [4.78, 5) is 0. The highest BCUT2D eigenvalue weighted by atomic mass is 16.5. The zero-order chi connectivity index (χ0) is 11.9. The van der Waals surface area contributed by atoms with Crippen molar-refractivity contribution < 1.29 is 4.74 Å². The summed E-state index contributed by atoms with van der Waals surface area (Å²) in [5.74, 6) is 0.623. The zero-order valence-electron chi connectivity index (χ0n) is 9.98. The first-order valence-electron chi connectivity index (χ1n) is 6.16. The molecule has 1 atom stereocenters. The van der Waals surface area contributed by atoms with Crippen LogP contribution in [0.4, 0.5) is 0 Å². The Labute approximate surface area is 102 Å². The fourth-order valence-corrected chi connectivity index (χ4v) is 2.16. The van der Waals surface area contributed by atoms with Crippen molar-refractivity contribution in [1.82, 2.24) is 5.32 Å². The Morgan fingerprint density at radius 3 is 3.06 bits per heavy atom. The Kier molecular flexibility index (Phi) is 4.54. The molecule has 0 spiro atoms. The van der Waals surface area contributed by atoms with Crippen LogP contribution in [0.1, 0.15) is 24.0 Å². The summed E-state index contributed by atoms with van der Waals surface area (Å²) in [6.07, 6.45) is 2.41. The van der Waals surface area contributed by atoms with Crippen LogP contribution in [-0.4, -0.2) is 19.8 Å². The van der Waals surface area contributed by atoms with Crippen molar-refractivity contribution in [3.63, 3.8) is 0 Å². The fraction of sp³-hybridized carbons (Fsp3) is 0.500. The topological polar surface area (TPSA) is 45.0 Å². The molecule has 0 amide bonds. The third kappa shape index (κ3) is 3.55. The van der Waals surface area contributed by atoms with E-state index in [4.69, 9.17) is 10.00 Å². The molecule has 0 bridgehead atoms. The standard InChI is InChI=1S/C14H18N2O/c15-8-13-5-1-2-6-14(13)10-16-9-12-4-3-7-17-11-12/h1-2,5-6,12,16H,3-4,7,9-11H2. The van der Waals surface area contributed by atoms with Gasteiger partial charge >= 0.3 is 0 Å². The Morgan fingerprint density at radius 1 is 1.41 bits per heavy atom. The van der Waals surface area contributed by atoms with Gasteiger partial charge in [0.1, 0.15) is 0 Å². The van der Waals surface area contributed by atoms with Crippen LogP contribution in [0.15, 0.2) is 24.3 Å². The smallest absolute Gasteiger partial charge is 0.0995 e. The molecule has 1 aromatic rings. The minimum atomic E-state index is 0.623. The molecule has 90 valence electrons. The summed E-state index contributed by atoms with van der Waals surface area (Å²) < 4.78 is 5.44. The van der Waals surface area contributed by atoms with Gasteiger partial charge in [-0.25, -0.2) is 0 Å². The predicted molar refractivity (Wildman–Crippen MR) is 66.4 cm³/mol. The lowest BCUT2D eigenvalue weighted by Gasteiger charge is -2.22. The largest absolute Gasteiger partial charge is 0.381 e. The average Bonchev–Trinajstić information content (AvgIpc) is 2.40. The summed E-state index contributed by atoms with van der Waals surface area (Å²) in [5, 5.41) is 12.4. The lowest BCUT2D eigenvalue weighted by molar-refractivity contribution is 0.0547. The zero-order valence-corrected chi connectivity index (χ0v) is 9.98. The van der Waals surface area contributed by atoms with Crippen LogP contribution in [0.3, 0.4) is 0 Å². The Balaban J connectivity index is 1.79. The molecule has 17 heavy (non-hydrogen) atoms. The molecule has 1 heterocycles. The van der Waals surface area contributed by atoms with Crippen molar-refractivity contribution >= 4 is 0 Å². The fourth-order valence-electron chi connectivity index (χ4n) is 2.16. The number of nitrogens with zero attached hydrogens (tertiary/aromatic N) is 1. The van der Waals surface area contributed by atoms with E-state index in [1.54, 1.807) is 0 Å². The van der Waals surface area contributed by atoms with Gasteiger partial charge in [0, 0.05) is 19.7 Å². The van der Waals surface area contributed by atoms with E-state index in [2.05, 4.69) is 11.4 Å². The van der Waals surface area contributed by atoms with Crippen LogP contribution in [0.2, 0.25) is 0 Å². The number of benzene rings is 1. The van der Waals surface area contributed by atoms with Gasteiger partial charge < -0.3 is 10.1 Å². The molecule has 1 fully saturated rings. The maximum atomic E-state index is 8.97. The van der Waals surface area contributed by atoms with Gasteiger partial charge in [-0.15, -0.1) is 0 Å². The number of nitriles is 1. The van der Waals surface area contributed by atoms with Gasteiger partial charge in [0.25, 0.3) is 0 Å². The number of ether oxygens (including phenoxy) is 1. The number of rotatable bonds is 4. The molecular weight excluding hydrogens is 212 g/mol. The van der Waals surface area contributed by atoms with Gasteiger partial charge in [0.15, 0.2) is 0 Å². The van der Waals surface area contributed by atoms with Crippen molar-refractivity contribution in [3.05, 3.63) is 35.4 Å². The molecule has 1 aliphatic heterocycles. The molecule has 1 aliphatic rings. The number of hydrogen-bond donors (Lipinski definition) is 1. The average molecular weight is 230 g/mol. The molecule has 1 unspecified atom stereocenters. The quantitative estimate of drug-likeness (QED) is 0.861. The van der Waals surface area contributed by atoms with E-state index in [9.17, 15) is 0 Å². The van der Waals surface area contributed by atoms with Gasteiger partial charge in [-0.05, 0) is 30.4 Å². The van der Waals surface area contributed by atoms with Crippen molar-refractivity contribution in [3.8, 4) is 6.07 Å². The van der Waals surface area contributed by atoms with Crippen LogP contribution < -0.4 is 5.32 Å². The van der Waals surface area contributed by atoms with Gasteiger partial charge in [-0.1, -0.05) is 18.2 Å². The summed E-state index contributed by atoms with van der Waals surface area (Å²) in [7, 11) is 0. The Bertz CT molecular complexity index is 391. The van der Waals surface area contributed by atoms with E-state index in [0.29, 0.717) is 5.92 Å². The van der Waals surface area contributed by atoms with E-state index in [1.165, 1.54) is 12.8 Å². The maximum Gasteiger partial charge on any atom is 0.0995 e. The van der Waals surface area contributed by atoms with Crippen molar-refractivity contribution in [1.29, 1.82) is 5.26 Å². The van der Waals surface area contributed by atoms with Gasteiger partial charge in [-0.2, -0.15) is 5.26 Å². The van der Waals surface area contributed by atoms with Crippen molar-refractivity contribution in [2.75, 3.05) is 19.8 Å². The van der Waals surface area contributed by atoms with Crippen molar-refractivity contribution in [2.24, 2.45) is 5.92 Å².